The molecule has 2 amide bonds. The highest BCUT2D eigenvalue weighted by Crippen LogP contribution is 2.30. The van der Waals surface area contributed by atoms with Crippen LogP contribution in [0.15, 0.2) is 47.4 Å². The first-order chi connectivity index (χ1) is 14.2. The van der Waals surface area contributed by atoms with Crippen molar-refractivity contribution in [3.63, 3.8) is 0 Å². The Hall–Kier alpha value is -3.40. The third-order valence-corrected chi connectivity index (χ3v) is 6.04. The minimum absolute atomic E-state index is 0.00192. The van der Waals surface area contributed by atoms with E-state index >= 15 is 0 Å². The molecule has 30 heavy (non-hydrogen) atoms. The Morgan fingerprint density at radius 1 is 1.10 bits per heavy atom. The SMILES string of the molecule is CC(=O)N1CCc2cc(S(=O)(=O)Nc3ccc(C(=O)NCCC(=O)O)cc3)ccc21. The van der Waals surface area contributed by atoms with Crippen LogP contribution in [0.3, 0.4) is 0 Å². The zero-order valence-electron chi connectivity index (χ0n) is 16.2. The number of carbonyl (C=O) groups is 3. The van der Waals surface area contributed by atoms with E-state index in [9.17, 15) is 22.8 Å². The second-order valence-electron chi connectivity index (χ2n) is 6.79. The van der Waals surface area contributed by atoms with Crippen LogP contribution in [0, 0.1) is 0 Å². The normalized spacial score (nSPS) is 12.9. The van der Waals surface area contributed by atoms with Gasteiger partial charge in [-0.15, -0.1) is 0 Å². The molecule has 10 heteroatoms. The summed E-state index contributed by atoms with van der Waals surface area (Å²) in [6.45, 7) is 2.00. The number of benzene rings is 2. The number of anilines is 2. The maximum atomic E-state index is 12.7. The number of carbonyl (C=O) groups excluding carboxylic acids is 2. The van der Waals surface area contributed by atoms with Gasteiger partial charge in [0.15, 0.2) is 0 Å². The monoisotopic (exact) mass is 431 g/mol. The standard InChI is InChI=1S/C20H21N3O6S/c1-13(24)23-11-9-15-12-17(6-7-18(15)23)30(28,29)22-16-4-2-14(3-5-16)20(27)21-10-8-19(25)26/h2-7,12,22H,8-11H2,1H3,(H,21,27)(H,25,26). The summed E-state index contributed by atoms with van der Waals surface area (Å²) in [5.41, 5.74) is 2.08. The van der Waals surface area contributed by atoms with Crippen molar-refractivity contribution in [1.82, 2.24) is 5.32 Å². The van der Waals surface area contributed by atoms with Crippen LogP contribution in [0.5, 0.6) is 0 Å². The number of carboxylic acids is 1. The predicted octanol–water partition coefficient (Wildman–Crippen LogP) is 1.60. The molecule has 0 spiro atoms. The van der Waals surface area contributed by atoms with Crippen molar-refractivity contribution in [2.45, 2.75) is 24.7 Å². The lowest BCUT2D eigenvalue weighted by Gasteiger charge is -2.15. The fourth-order valence-electron chi connectivity index (χ4n) is 3.16. The third-order valence-electron chi connectivity index (χ3n) is 4.66. The van der Waals surface area contributed by atoms with E-state index in [0.717, 1.165) is 11.3 Å². The van der Waals surface area contributed by atoms with Crippen molar-refractivity contribution in [3.8, 4) is 0 Å². The highest BCUT2D eigenvalue weighted by Gasteiger charge is 2.24. The summed E-state index contributed by atoms with van der Waals surface area (Å²) in [6, 6.07) is 10.4. The van der Waals surface area contributed by atoms with Crippen LogP contribution in [-0.4, -0.2) is 44.4 Å². The Morgan fingerprint density at radius 2 is 1.80 bits per heavy atom. The van der Waals surface area contributed by atoms with Gasteiger partial charge >= 0.3 is 5.97 Å². The smallest absolute Gasteiger partial charge is 0.305 e. The van der Waals surface area contributed by atoms with Crippen LogP contribution >= 0.6 is 0 Å². The number of hydrogen-bond donors (Lipinski definition) is 3. The summed E-state index contributed by atoms with van der Waals surface area (Å²) in [4.78, 5) is 35.8. The first-order valence-corrected chi connectivity index (χ1v) is 10.7. The van der Waals surface area contributed by atoms with Crippen molar-refractivity contribution in [2.24, 2.45) is 0 Å². The number of carboxylic acid groups (broad SMARTS) is 1. The van der Waals surface area contributed by atoms with Gasteiger partial charge in [-0.3, -0.25) is 19.1 Å². The van der Waals surface area contributed by atoms with Gasteiger partial charge in [-0.25, -0.2) is 8.42 Å². The molecular weight excluding hydrogens is 410 g/mol. The Balaban J connectivity index is 1.69. The topological polar surface area (TPSA) is 133 Å². The van der Waals surface area contributed by atoms with Crippen LogP contribution in [0.2, 0.25) is 0 Å². The van der Waals surface area contributed by atoms with Crippen LogP contribution < -0.4 is 14.9 Å². The second-order valence-corrected chi connectivity index (χ2v) is 8.48. The quantitative estimate of drug-likeness (QED) is 0.610. The Bertz CT molecular complexity index is 1100. The molecule has 158 valence electrons. The minimum Gasteiger partial charge on any atom is -0.481 e. The van der Waals surface area contributed by atoms with Crippen molar-refractivity contribution >= 4 is 39.2 Å². The summed E-state index contributed by atoms with van der Waals surface area (Å²) in [5.74, 6) is -1.55. The average Bonchev–Trinajstić information content (AvgIpc) is 3.11. The predicted molar refractivity (Wildman–Crippen MR) is 110 cm³/mol. The van der Waals surface area contributed by atoms with Gasteiger partial charge in [0.1, 0.15) is 0 Å². The van der Waals surface area contributed by atoms with Crippen LogP contribution in [0.1, 0.15) is 29.3 Å². The molecule has 1 aliphatic rings. The molecule has 0 aromatic heterocycles. The number of fused-ring (bicyclic) bond motifs is 1. The van der Waals surface area contributed by atoms with E-state index < -0.39 is 21.9 Å². The number of rotatable bonds is 7. The number of amides is 2. The Kier molecular flexibility index (Phi) is 6.06. The molecule has 2 aromatic rings. The van der Waals surface area contributed by atoms with E-state index in [0.29, 0.717) is 13.0 Å². The van der Waals surface area contributed by atoms with Gasteiger partial charge in [-0.2, -0.15) is 0 Å². The molecule has 3 N–H and O–H groups in total. The summed E-state index contributed by atoms with van der Waals surface area (Å²) in [5, 5.41) is 11.1. The molecule has 0 bridgehead atoms. The van der Waals surface area contributed by atoms with Crippen molar-refractivity contribution in [3.05, 3.63) is 53.6 Å². The zero-order valence-corrected chi connectivity index (χ0v) is 17.0. The molecule has 0 fully saturated rings. The van der Waals surface area contributed by atoms with Gasteiger partial charge in [0.2, 0.25) is 5.91 Å². The lowest BCUT2D eigenvalue weighted by molar-refractivity contribution is -0.136. The lowest BCUT2D eigenvalue weighted by Crippen LogP contribution is -2.26. The maximum Gasteiger partial charge on any atom is 0.305 e. The first kappa shape index (κ1) is 21.3. The lowest BCUT2D eigenvalue weighted by atomic mass is 10.2. The van der Waals surface area contributed by atoms with Crippen molar-refractivity contribution in [2.75, 3.05) is 22.7 Å². The molecule has 0 aliphatic carbocycles. The van der Waals surface area contributed by atoms with Crippen molar-refractivity contribution in [1.29, 1.82) is 0 Å². The van der Waals surface area contributed by atoms with Gasteiger partial charge in [0.05, 0.1) is 11.3 Å². The maximum absolute atomic E-state index is 12.7. The fourth-order valence-corrected chi connectivity index (χ4v) is 4.27. The summed E-state index contributed by atoms with van der Waals surface area (Å²) in [7, 11) is -3.85. The van der Waals surface area contributed by atoms with Gasteiger partial charge in [0, 0.05) is 37.0 Å². The van der Waals surface area contributed by atoms with E-state index in [1.165, 1.54) is 37.3 Å². The molecule has 0 saturated heterocycles. The number of aliphatic carboxylic acids is 1. The highest BCUT2D eigenvalue weighted by molar-refractivity contribution is 7.92. The van der Waals surface area contributed by atoms with Crippen LogP contribution in [0.25, 0.3) is 0 Å². The molecule has 1 heterocycles. The van der Waals surface area contributed by atoms with Crippen molar-refractivity contribution < 1.29 is 27.9 Å². The number of hydrogen-bond acceptors (Lipinski definition) is 5. The van der Waals surface area contributed by atoms with E-state index in [-0.39, 0.29) is 35.0 Å². The van der Waals surface area contributed by atoms with E-state index in [2.05, 4.69) is 10.0 Å². The third kappa shape index (κ3) is 4.77. The fraction of sp³-hybridized carbons (Fsp3) is 0.250. The molecule has 1 aliphatic heterocycles. The van der Waals surface area contributed by atoms with E-state index in [1.54, 1.807) is 17.0 Å². The zero-order chi connectivity index (χ0) is 21.9. The number of sulfonamides is 1. The summed E-state index contributed by atoms with van der Waals surface area (Å²) < 4.78 is 27.9. The molecule has 0 unspecified atom stereocenters. The molecule has 9 nitrogen and oxygen atoms in total. The van der Waals surface area contributed by atoms with Gasteiger partial charge in [-0.05, 0) is 54.4 Å². The van der Waals surface area contributed by atoms with Crippen LogP contribution in [-0.2, 0) is 26.0 Å². The molecular formula is C20H21N3O6S. The average molecular weight is 431 g/mol. The highest BCUT2D eigenvalue weighted by atomic mass is 32.2. The second kappa shape index (κ2) is 8.54. The van der Waals surface area contributed by atoms with Gasteiger partial charge < -0.3 is 15.3 Å². The molecule has 0 atom stereocenters. The Labute approximate surface area is 173 Å². The first-order valence-electron chi connectivity index (χ1n) is 9.21. The molecule has 3 rings (SSSR count). The van der Waals surface area contributed by atoms with E-state index in [4.69, 9.17) is 5.11 Å². The van der Waals surface area contributed by atoms with Gasteiger partial charge in [-0.1, -0.05) is 0 Å². The molecule has 0 radical (unpaired) electrons. The van der Waals surface area contributed by atoms with Gasteiger partial charge in [0.25, 0.3) is 15.9 Å². The number of nitrogens with one attached hydrogen (secondary N) is 2. The van der Waals surface area contributed by atoms with E-state index in [1.807, 2.05) is 0 Å². The number of nitrogens with zero attached hydrogens (tertiary/aromatic N) is 1. The Morgan fingerprint density at radius 3 is 2.43 bits per heavy atom. The summed E-state index contributed by atoms with van der Waals surface area (Å²) >= 11 is 0. The summed E-state index contributed by atoms with van der Waals surface area (Å²) in [6.07, 6.45) is 0.401. The molecule has 2 aromatic carbocycles. The minimum atomic E-state index is -3.85. The molecule has 0 saturated carbocycles. The van der Waals surface area contributed by atoms with Crippen LogP contribution in [0.4, 0.5) is 11.4 Å². The largest absolute Gasteiger partial charge is 0.481 e.